The summed E-state index contributed by atoms with van der Waals surface area (Å²) in [6.45, 7) is 2.40. The van der Waals surface area contributed by atoms with E-state index in [2.05, 4.69) is 0 Å². The SMILES string of the molecule is C[C@H]1CC[C@@H](N)CN1C(=O)O. The number of rotatable bonds is 0. The van der Waals surface area contributed by atoms with Crippen LogP contribution >= 0.6 is 0 Å². The predicted octanol–water partition coefficient (Wildman–Crippen LogP) is 0.476. The van der Waals surface area contributed by atoms with Crippen LogP contribution in [0.15, 0.2) is 0 Å². The molecule has 1 fully saturated rings. The Labute approximate surface area is 66.0 Å². The van der Waals surface area contributed by atoms with Crippen LogP contribution in [0.1, 0.15) is 19.8 Å². The molecule has 0 saturated carbocycles. The summed E-state index contributed by atoms with van der Waals surface area (Å²) in [7, 11) is 0. The molecule has 0 bridgehead atoms. The van der Waals surface area contributed by atoms with Crippen molar-refractivity contribution < 1.29 is 9.90 Å². The summed E-state index contributed by atoms with van der Waals surface area (Å²) in [6.07, 6.45) is 0.964. The van der Waals surface area contributed by atoms with Gasteiger partial charge in [-0.05, 0) is 19.8 Å². The summed E-state index contributed by atoms with van der Waals surface area (Å²) in [5.41, 5.74) is 5.62. The van der Waals surface area contributed by atoms with Crippen LogP contribution in [0.4, 0.5) is 4.79 Å². The van der Waals surface area contributed by atoms with Gasteiger partial charge >= 0.3 is 6.09 Å². The average molecular weight is 158 g/mol. The molecular weight excluding hydrogens is 144 g/mol. The van der Waals surface area contributed by atoms with Gasteiger partial charge in [0.2, 0.25) is 0 Å². The van der Waals surface area contributed by atoms with E-state index in [1.165, 1.54) is 4.90 Å². The highest BCUT2D eigenvalue weighted by Crippen LogP contribution is 2.15. The van der Waals surface area contributed by atoms with Gasteiger partial charge in [0.25, 0.3) is 0 Å². The minimum Gasteiger partial charge on any atom is -0.465 e. The Kier molecular flexibility index (Phi) is 2.34. The van der Waals surface area contributed by atoms with Gasteiger partial charge < -0.3 is 15.7 Å². The van der Waals surface area contributed by atoms with E-state index in [0.29, 0.717) is 6.54 Å². The van der Waals surface area contributed by atoms with E-state index in [1.807, 2.05) is 6.92 Å². The molecular formula is C7H14N2O2. The number of carboxylic acid groups (broad SMARTS) is 1. The Morgan fingerprint density at radius 3 is 2.73 bits per heavy atom. The smallest absolute Gasteiger partial charge is 0.407 e. The molecule has 0 unspecified atom stereocenters. The monoisotopic (exact) mass is 158 g/mol. The van der Waals surface area contributed by atoms with Crippen molar-refractivity contribution in [1.29, 1.82) is 0 Å². The fraction of sp³-hybridized carbons (Fsp3) is 0.857. The van der Waals surface area contributed by atoms with E-state index >= 15 is 0 Å². The zero-order valence-electron chi connectivity index (χ0n) is 6.66. The molecule has 0 aromatic rings. The highest BCUT2D eigenvalue weighted by Gasteiger charge is 2.26. The van der Waals surface area contributed by atoms with Gasteiger partial charge in [-0.1, -0.05) is 0 Å². The Bertz CT molecular complexity index is 161. The summed E-state index contributed by atoms with van der Waals surface area (Å²) in [5.74, 6) is 0. The Hall–Kier alpha value is -0.770. The minimum absolute atomic E-state index is 0.0299. The zero-order valence-corrected chi connectivity index (χ0v) is 6.66. The molecule has 1 rings (SSSR count). The number of amides is 1. The fourth-order valence-electron chi connectivity index (χ4n) is 1.40. The summed E-state index contributed by atoms with van der Waals surface area (Å²) in [5, 5.41) is 8.70. The van der Waals surface area contributed by atoms with Gasteiger partial charge in [0.05, 0.1) is 0 Å². The van der Waals surface area contributed by atoms with Crippen LogP contribution < -0.4 is 5.73 Å². The zero-order chi connectivity index (χ0) is 8.43. The molecule has 1 heterocycles. The summed E-state index contributed by atoms with van der Waals surface area (Å²) in [4.78, 5) is 12.0. The van der Waals surface area contributed by atoms with Gasteiger partial charge in [-0.25, -0.2) is 4.79 Å². The number of nitrogens with two attached hydrogens (primary N) is 1. The molecule has 0 aromatic heterocycles. The second-order valence-electron chi connectivity index (χ2n) is 3.12. The predicted molar refractivity (Wildman–Crippen MR) is 41.4 cm³/mol. The third kappa shape index (κ3) is 1.83. The molecule has 0 aromatic carbocycles. The summed E-state index contributed by atoms with van der Waals surface area (Å²) >= 11 is 0. The lowest BCUT2D eigenvalue weighted by molar-refractivity contribution is 0.106. The Morgan fingerprint density at radius 2 is 2.27 bits per heavy atom. The van der Waals surface area contributed by atoms with Crippen LogP contribution in [0.3, 0.4) is 0 Å². The normalized spacial score (nSPS) is 32.0. The third-order valence-electron chi connectivity index (χ3n) is 2.16. The molecule has 1 aliphatic rings. The molecule has 3 N–H and O–H groups in total. The maximum absolute atomic E-state index is 10.6. The number of piperidine rings is 1. The molecule has 4 nitrogen and oxygen atoms in total. The molecule has 0 spiro atoms. The second-order valence-corrected chi connectivity index (χ2v) is 3.12. The number of nitrogens with zero attached hydrogens (tertiary/aromatic N) is 1. The lowest BCUT2D eigenvalue weighted by Crippen LogP contribution is -2.49. The average Bonchev–Trinajstić information content (AvgIpc) is 1.94. The standard InChI is InChI=1S/C7H14N2O2/c1-5-2-3-6(8)4-9(5)7(10)11/h5-6H,2-4,8H2,1H3,(H,10,11)/t5-,6+/m0/s1. The maximum atomic E-state index is 10.6. The summed E-state index contributed by atoms with van der Waals surface area (Å²) < 4.78 is 0. The summed E-state index contributed by atoms with van der Waals surface area (Å²) in [6, 6.07) is 0.162. The van der Waals surface area contributed by atoms with E-state index in [0.717, 1.165) is 12.8 Å². The van der Waals surface area contributed by atoms with Crippen molar-refractivity contribution in [1.82, 2.24) is 4.90 Å². The molecule has 64 valence electrons. The van der Waals surface area contributed by atoms with Gasteiger partial charge in [0.15, 0.2) is 0 Å². The van der Waals surface area contributed by atoms with E-state index in [1.54, 1.807) is 0 Å². The first kappa shape index (κ1) is 8.33. The highest BCUT2D eigenvalue weighted by atomic mass is 16.4. The van der Waals surface area contributed by atoms with E-state index in [4.69, 9.17) is 10.8 Å². The van der Waals surface area contributed by atoms with Gasteiger partial charge in [-0.2, -0.15) is 0 Å². The topological polar surface area (TPSA) is 66.6 Å². The van der Waals surface area contributed by atoms with Gasteiger partial charge in [-0.15, -0.1) is 0 Å². The van der Waals surface area contributed by atoms with Crippen LogP contribution in [0.5, 0.6) is 0 Å². The number of likely N-dealkylation sites (tertiary alicyclic amines) is 1. The van der Waals surface area contributed by atoms with Crippen LogP contribution in [-0.4, -0.2) is 34.7 Å². The first-order valence-corrected chi connectivity index (χ1v) is 3.86. The minimum atomic E-state index is -0.854. The van der Waals surface area contributed by atoms with Crippen LogP contribution in [0, 0.1) is 0 Å². The molecule has 4 heteroatoms. The molecule has 1 amide bonds. The van der Waals surface area contributed by atoms with Gasteiger partial charge in [0.1, 0.15) is 0 Å². The van der Waals surface area contributed by atoms with Crippen LogP contribution in [0.2, 0.25) is 0 Å². The molecule has 11 heavy (non-hydrogen) atoms. The van der Waals surface area contributed by atoms with Gasteiger partial charge in [-0.3, -0.25) is 0 Å². The lowest BCUT2D eigenvalue weighted by atomic mass is 10.0. The highest BCUT2D eigenvalue weighted by molar-refractivity contribution is 5.65. The quantitative estimate of drug-likeness (QED) is 0.538. The Morgan fingerprint density at radius 1 is 1.64 bits per heavy atom. The lowest BCUT2D eigenvalue weighted by Gasteiger charge is -2.34. The second kappa shape index (κ2) is 3.09. The van der Waals surface area contributed by atoms with Crippen molar-refractivity contribution in [2.45, 2.75) is 31.8 Å². The first-order valence-electron chi connectivity index (χ1n) is 3.86. The molecule has 0 radical (unpaired) electrons. The maximum Gasteiger partial charge on any atom is 0.407 e. The third-order valence-corrected chi connectivity index (χ3v) is 2.16. The fourth-order valence-corrected chi connectivity index (χ4v) is 1.40. The first-order chi connectivity index (χ1) is 5.11. The van der Waals surface area contributed by atoms with Crippen molar-refractivity contribution in [3.63, 3.8) is 0 Å². The van der Waals surface area contributed by atoms with Gasteiger partial charge in [0, 0.05) is 18.6 Å². The van der Waals surface area contributed by atoms with Crippen molar-refractivity contribution in [2.75, 3.05) is 6.54 Å². The van der Waals surface area contributed by atoms with E-state index < -0.39 is 6.09 Å². The molecule has 1 saturated heterocycles. The number of hydrogen-bond acceptors (Lipinski definition) is 2. The molecule has 1 aliphatic heterocycles. The van der Waals surface area contributed by atoms with E-state index in [-0.39, 0.29) is 12.1 Å². The number of carbonyl (C=O) groups is 1. The van der Waals surface area contributed by atoms with Crippen LogP contribution in [-0.2, 0) is 0 Å². The van der Waals surface area contributed by atoms with Crippen molar-refractivity contribution in [3.05, 3.63) is 0 Å². The van der Waals surface area contributed by atoms with Crippen LogP contribution in [0.25, 0.3) is 0 Å². The largest absolute Gasteiger partial charge is 0.465 e. The molecule has 2 atom stereocenters. The van der Waals surface area contributed by atoms with Crippen molar-refractivity contribution in [2.24, 2.45) is 5.73 Å². The van der Waals surface area contributed by atoms with E-state index in [9.17, 15) is 4.79 Å². The molecule has 0 aliphatic carbocycles. The van der Waals surface area contributed by atoms with Crippen molar-refractivity contribution in [3.8, 4) is 0 Å². The Balaban J connectivity index is 2.54. The van der Waals surface area contributed by atoms with Crippen molar-refractivity contribution >= 4 is 6.09 Å². The number of hydrogen-bond donors (Lipinski definition) is 2.